The lowest BCUT2D eigenvalue weighted by Gasteiger charge is -2.39. The van der Waals surface area contributed by atoms with E-state index in [1.165, 1.54) is 5.69 Å². The molecule has 0 radical (unpaired) electrons. The van der Waals surface area contributed by atoms with Crippen LogP contribution in [0.1, 0.15) is 37.8 Å². The minimum absolute atomic E-state index is 0. The number of guanidine groups is 1. The quantitative estimate of drug-likeness (QED) is 0.305. The van der Waals surface area contributed by atoms with Crippen LogP contribution in [-0.2, 0) is 19.4 Å². The Labute approximate surface area is 203 Å². The van der Waals surface area contributed by atoms with Crippen LogP contribution in [-0.4, -0.2) is 61.8 Å². The molecule has 0 spiro atoms. The molecule has 0 aliphatic carbocycles. The highest BCUT2D eigenvalue weighted by atomic mass is 127. The molecule has 2 heterocycles. The van der Waals surface area contributed by atoms with Crippen molar-refractivity contribution < 1.29 is 4.52 Å². The monoisotopic (exact) mass is 540 g/mol. The molecule has 1 saturated heterocycles. The van der Waals surface area contributed by atoms with Crippen molar-refractivity contribution in [2.45, 2.75) is 46.2 Å². The normalized spacial score (nSPS) is 16.0. The van der Waals surface area contributed by atoms with Crippen molar-refractivity contribution in [3.63, 3.8) is 0 Å². The van der Waals surface area contributed by atoms with Crippen molar-refractivity contribution in [1.82, 2.24) is 20.7 Å². The number of benzene rings is 1. The Bertz CT molecular complexity index is 780. The van der Waals surface area contributed by atoms with Gasteiger partial charge in [0, 0.05) is 70.0 Å². The van der Waals surface area contributed by atoms with Crippen LogP contribution >= 0.6 is 24.0 Å². The van der Waals surface area contributed by atoms with Gasteiger partial charge < -0.3 is 20.1 Å². The number of nitrogens with zero attached hydrogens (tertiary/aromatic N) is 4. The number of aliphatic imine (C=N–C) groups is 1. The summed E-state index contributed by atoms with van der Waals surface area (Å²) in [6.07, 6.45) is 1.72. The highest BCUT2D eigenvalue weighted by Gasteiger charge is 2.21. The summed E-state index contributed by atoms with van der Waals surface area (Å²) in [5, 5.41) is 11.1. The van der Waals surface area contributed by atoms with E-state index >= 15 is 0 Å². The highest BCUT2D eigenvalue weighted by Crippen LogP contribution is 2.17. The van der Waals surface area contributed by atoms with Crippen LogP contribution in [0.5, 0.6) is 0 Å². The number of hydrogen-bond donors (Lipinski definition) is 2. The summed E-state index contributed by atoms with van der Waals surface area (Å²) in [5.74, 6) is 1.77. The van der Waals surface area contributed by atoms with E-state index in [2.05, 4.69) is 81.7 Å². The standard InChI is InChI=1S/C23H36N6O.HI/c1-5-21-20(22(6-2)30-27-21)17-26-23(24-4)25-16-18(3)28-12-14-29(15-13-28)19-10-8-7-9-11-19;/h7-11,18H,5-6,12-17H2,1-4H3,(H2,24,25,26);1H. The van der Waals surface area contributed by atoms with E-state index in [9.17, 15) is 0 Å². The summed E-state index contributed by atoms with van der Waals surface area (Å²) < 4.78 is 5.46. The lowest BCUT2D eigenvalue weighted by atomic mass is 10.1. The first-order valence-electron chi connectivity index (χ1n) is 11.1. The van der Waals surface area contributed by atoms with Crippen LogP contribution < -0.4 is 15.5 Å². The zero-order chi connectivity index (χ0) is 21.3. The van der Waals surface area contributed by atoms with Crippen molar-refractivity contribution in [1.29, 1.82) is 0 Å². The molecule has 0 saturated carbocycles. The van der Waals surface area contributed by atoms with Crippen LogP contribution in [0.25, 0.3) is 0 Å². The first-order valence-corrected chi connectivity index (χ1v) is 11.1. The number of aryl methyl sites for hydroxylation is 2. The topological polar surface area (TPSA) is 68.9 Å². The predicted octanol–water partition coefficient (Wildman–Crippen LogP) is 3.29. The fourth-order valence-corrected chi connectivity index (χ4v) is 3.96. The van der Waals surface area contributed by atoms with Gasteiger partial charge in [0.15, 0.2) is 5.96 Å². The Morgan fingerprint density at radius 1 is 1.10 bits per heavy atom. The zero-order valence-corrected chi connectivity index (χ0v) is 21.6. The van der Waals surface area contributed by atoms with Gasteiger partial charge in [0.2, 0.25) is 0 Å². The van der Waals surface area contributed by atoms with E-state index in [1.807, 2.05) is 7.05 Å². The van der Waals surface area contributed by atoms with Crippen LogP contribution in [0.2, 0.25) is 0 Å². The smallest absolute Gasteiger partial charge is 0.191 e. The molecule has 1 fully saturated rings. The summed E-state index contributed by atoms with van der Waals surface area (Å²) in [6.45, 7) is 12.3. The molecule has 1 atom stereocenters. The number of hydrogen-bond acceptors (Lipinski definition) is 5. The molecule has 1 aromatic heterocycles. The van der Waals surface area contributed by atoms with E-state index in [0.717, 1.165) is 68.5 Å². The van der Waals surface area contributed by atoms with Gasteiger partial charge in [-0.05, 0) is 25.5 Å². The summed E-state index contributed by atoms with van der Waals surface area (Å²) in [6, 6.07) is 11.1. The first kappa shape index (κ1) is 25.5. The van der Waals surface area contributed by atoms with Crippen LogP contribution in [0.4, 0.5) is 5.69 Å². The van der Waals surface area contributed by atoms with Crippen LogP contribution in [0.3, 0.4) is 0 Å². The third-order valence-corrected chi connectivity index (χ3v) is 5.89. The van der Waals surface area contributed by atoms with E-state index in [0.29, 0.717) is 12.6 Å². The molecule has 2 aromatic rings. The maximum Gasteiger partial charge on any atom is 0.191 e. The number of para-hydroxylation sites is 1. The molecular formula is C23H37IN6O. The maximum absolute atomic E-state index is 5.46. The second kappa shape index (κ2) is 12.9. The molecule has 1 aliphatic rings. The van der Waals surface area contributed by atoms with Crippen molar-refractivity contribution >= 4 is 35.6 Å². The van der Waals surface area contributed by atoms with Gasteiger partial charge >= 0.3 is 0 Å². The van der Waals surface area contributed by atoms with E-state index in [-0.39, 0.29) is 24.0 Å². The summed E-state index contributed by atoms with van der Waals surface area (Å²) in [7, 11) is 1.81. The Morgan fingerprint density at radius 3 is 2.42 bits per heavy atom. The van der Waals surface area contributed by atoms with Crippen molar-refractivity contribution in [2.75, 3.05) is 44.7 Å². The Kier molecular flexibility index (Phi) is 10.6. The van der Waals surface area contributed by atoms with Crippen molar-refractivity contribution in [2.24, 2.45) is 4.99 Å². The third-order valence-electron chi connectivity index (χ3n) is 5.89. The van der Waals surface area contributed by atoms with Crippen LogP contribution in [0, 0.1) is 0 Å². The molecule has 0 bridgehead atoms. The van der Waals surface area contributed by atoms with Gasteiger partial charge in [-0.3, -0.25) is 9.89 Å². The fourth-order valence-electron chi connectivity index (χ4n) is 3.96. The number of piperazine rings is 1. The lowest BCUT2D eigenvalue weighted by Crippen LogP contribution is -2.53. The largest absolute Gasteiger partial charge is 0.369 e. The van der Waals surface area contributed by atoms with Gasteiger partial charge in [-0.2, -0.15) is 0 Å². The first-order chi connectivity index (χ1) is 14.7. The molecule has 1 aromatic carbocycles. The second-order valence-electron chi connectivity index (χ2n) is 7.75. The molecule has 0 amide bonds. The molecule has 2 N–H and O–H groups in total. The fraction of sp³-hybridized carbons (Fsp3) is 0.565. The summed E-state index contributed by atoms with van der Waals surface area (Å²) in [4.78, 5) is 9.39. The van der Waals surface area contributed by atoms with Crippen molar-refractivity contribution in [3.8, 4) is 0 Å². The molecule has 172 valence electrons. The molecular weight excluding hydrogens is 503 g/mol. The van der Waals surface area contributed by atoms with Gasteiger partial charge in [-0.25, -0.2) is 0 Å². The SMILES string of the molecule is CCc1noc(CC)c1CNC(=NC)NCC(C)N1CCN(c2ccccc2)CC1.I. The van der Waals surface area contributed by atoms with Crippen molar-refractivity contribution in [3.05, 3.63) is 47.3 Å². The van der Waals surface area contributed by atoms with Gasteiger partial charge in [0.1, 0.15) is 5.76 Å². The molecule has 8 heteroatoms. The van der Waals surface area contributed by atoms with Gasteiger partial charge in [0.05, 0.1) is 5.69 Å². The van der Waals surface area contributed by atoms with Gasteiger partial charge in [-0.1, -0.05) is 37.2 Å². The average Bonchev–Trinajstić information content (AvgIpc) is 3.21. The summed E-state index contributed by atoms with van der Waals surface area (Å²) >= 11 is 0. The molecule has 31 heavy (non-hydrogen) atoms. The number of anilines is 1. The van der Waals surface area contributed by atoms with E-state index in [1.54, 1.807) is 0 Å². The number of rotatable bonds is 8. The van der Waals surface area contributed by atoms with E-state index < -0.39 is 0 Å². The number of aromatic nitrogens is 1. The Hall–Kier alpha value is -1.81. The Morgan fingerprint density at radius 2 is 1.81 bits per heavy atom. The minimum Gasteiger partial charge on any atom is -0.369 e. The maximum atomic E-state index is 5.46. The van der Waals surface area contributed by atoms with Gasteiger partial charge in [-0.15, -0.1) is 24.0 Å². The lowest BCUT2D eigenvalue weighted by molar-refractivity contribution is 0.197. The average molecular weight is 540 g/mol. The molecule has 1 unspecified atom stereocenters. The highest BCUT2D eigenvalue weighted by molar-refractivity contribution is 14.0. The molecule has 3 rings (SSSR count). The zero-order valence-electron chi connectivity index (χ0n) is 19.2. The third kappa shape index (κ3) is 6.83. The predicted molar refractivity (Wildman–Crippen MR) is 139 cm³/mol. The van der Waals surface area contributed by atoms with Crippen LogP contribution in [0.15, 0.2) is 39.8 Å². The summed E-state index contributed by atoms with van der Waals surface area (Å²) in [5.41, 5.74) is 3.51. The Balaban J connectivity index is 0.00000341. The molecule has 7 nitrogen and oxygen atoms in total. The van der Waals surface area contributed by atoms with Gasteiger partial charge in [0.25, 0.3) is 0 Å². The van der Waals surface area contributed by atoms with E-state index in [4.69, 9.17) is 4.52 Å². The minimum atomic E-state index is 0. The number of nitrogens with one attached hydrogen (secondary N) is 2. The molecule has 1 aliphatic heterocycles. The number of halogens is 1. The second-order valence-corrected chi connectivity index (χ2v) is 7.75.